The SMILES string of the molecule is Cc1ccc(CN(C(=O)CN(c2ccc(C)c(Cl)c2)S(C)(=O)=O)[C@@H](C)C(=O)NC(C)C)cc1. The minimum absolute atomic E-state index is 0.0986. The molecule has 7 nitrogen and oxygen atoms in total. The Kier molecular flexibility index (Phi) is 8.91. The summed E-state index contributed by atoms with van der Waals surface area (Å²) in [5.41, 5.74) is 2.99. The van der Waals surface area contributed by atoms with Gasteiger partial charge in [0.25, 0.3) is 0 Å². The van der Waals surface area contributed by atoms with E-state index in [1.165, 1.54) is 11.0 Å². The first-order chi connectivity index (χ1) is 15.3. The number of halogens is 1. The monoisotopic (exact) mass is 493 g/mol. The quantitative estimate of drug-likeness (QED) is 0.577. The molecule has 2 aromatic rings. The van der Waals surface area contributed by atoms with E-state index in [1.54, 1.807) is 26.0 Å². The van der Waals surface area contributed by atoms with Crippen molar-refractivity contribution in [1.29, 1.82) is 0 Å². The smallest absolute Gasteiger partial charge is 0.244 e. The van der Waals surface area contributed by atoms with E-state index in [0.717, 1.165) is 27.3 Å². The summed E-state index contributed by atoms with van der Waals surface area (Å²) in [6, 6.07) is 11.5. The Morgan fingerprint density at radius 2 is 1.64 bits per heavy atom. The molecular weight excluding hydrogens is 462 g/mol. The number of rotatable bonds is 9. The van der Waals surface area contributed by atoms with Gasteiger partial charge in [-0.25, -0.2) is 8.42 Å². The van der Waals surface area contributed by atoms with Gasteiger partial charge in [0.05, 0.1) is 11.9 Å². The molecule has 0 radical (unpaired) electrons. The second-order valence-electron chi connectivity index (χ2n) is 8.55. The van der Waals surface area contributed by atoms with Crippen LogP contribution >= 0.6 is 11.6 Å². The van der Waals surface area contributed by atoms with E-state index in [4.69, 9.17) is 11.6 Å². The average Bonchev–Trinajstić information content (AvgIpc) is 2.71. The Bertz CT molecular complexity index is 1100. The predicted octanol–water partition coefficient (Wildman–Crippen LogP) is 3.66. The molecule has 0 saturated carbocycles. The van der Waals surface area contributed by atoms with Gasteiger partial charge < -0.3 is 10.2 Å². The van der Waals surface area contributed by atoms with E-state index in [0.29, 0.717) is 5.02 Å². The average molecular weight is 494 g/mol. The Labute approximate surface area is 201 Å². The molecule has 0 aliphatic heterocycles. The molecule has 0 fully saturated rings. The van der Waals surface area contributed by atoms with Crippen molar-refractivity contribution in [1.82, 2.24) is 10.2 Å². The van der Waals surface area contributed by atoms with Gasteiger partial charge in [-0.15, -0.1) is 0 Å². The van der Waals surface area contributed by atoms with Crippen molar-refractivity contribution in [3.8, 4) is 0 Å². The van der Waals surface area contributed by atoms with Gasteiger partial charge in [0.2, 0.25) is 21.8 Å². The summed E-state index contributed by atoms with van der Waals surface area (Å²) in [6.07, 6.45) is 1.03. The number of carbonyl (C=O) groups excluding carboxylic acids is 2. The van der Waals surface area contributed by atoms with Crippen molar-refractivity contribution in [2.45, 2.75) is 53.2 Å². The number of benzene rings is 2. The van der Waals surface area contributed by atoms with Gasteiger partial charge in [-0.05, 0) is 57.9 Å². The molecule has 0 aliphatic carbocycles. The zero-order chi connectivity index (χ0) is 24.9. The fourth-order valence-corrected chi connectivity index (χ4v) is 4.24. The first-order valence-corrected chi connectivity index (χ1v) is 12.9. The molecule has 33 heavy (non-hydrogen) atoms. The van der Waals surface area contributed by atoms with E-state index in [2.05, 4.69) is 5.32 Å². The molecule has 2 aromatic carbocycles. The Morgan fingerprint density at radius 3 is 2.15 bits per heavy atom. The van der Waals surface area contributed by atoms with Gasteiger partial charge >= 0.3 is 0 Å². The highest BCUT2D eigenvalue weighted by molar-refractivity contribution is 7.92. The molecule has 0 unspecified atom stereocenters. The molecule has 0 bridgehead atoms. The summed E-state index contributed by atoms with van der Waals surface area (Å²) in [4.78, 5) is 27.6. The minimum atomic E-state index is -3.79. The third-order valence-electron chi connectivity index (χ3n) is 5.19. The van der Waals surface area contributed by atoms with Gasteiger partial charge in [0.15, 0.2) is 0 Å². The normalized spacial score (nSPS) is 12.4. The van der Waals surface area contributed by atoms with Crippen LogP contribution in [0.15, 0.2) is 42.5 Å². The van der Waals surface area contributed by atoms with Crippen LogP contribution in [0, 0.1) is 13.8 Å². The standard InChI is InChI=1S/C24H32ClN3O4S/c1-16(2)26-24(30)19(5)27(14-20-10-7-17(3)8-11-20)23(29)15-28(33(6,31)32)21-12-9-18(4)22(25)13-21/h7-13,16,19H,14-15H2,1-6H3,(H,26,30)/t19-/m0/s1. The van der Waals surface area contributed by atoms with Gasteiger partial charge in [0.1, 0.15) is 12.6 Å². The number of hydrogen-bond donors (Lipinski definition) is 1. The number of sulfonamides is 1. The van der Waals surface area contributed by atoms with E-state index in [9.17, 15) is 18.0 Å². The first kappa shape index (κ1) is 26.7. The maximum absolute atomic E-state index is 13.4. The molecule has 0 saturated heterocycles. The van der Waals surface area contributed by atoms with Crippen LogP contribution in [0.3, 0.4) is 0 Å². The number of hydrogen-bond acceptors (Lipinski definition) is 4. The first-order valence-electron chi connectivity index (χ1n) is 10.7. The topological polar surface area (TPSA) is 86.8 Å². The number of nitrogens with one attached hydrogen (secondary N) is 1. The van der Waals surface area contributed by atoms with Crippen LogP contribution in [0.1, 0.15) is 37.5 Å². The van der Waals surface area contributed by atoms with Crippen molar-refractivity contribution >= 4 is 39.1 Å². The lowest BCUT2D eigenvalue weighted by Crippen LogP contribution is -2.52. The van der Waals surface area contributed by atoms with E-state index in [-0.39, 0.29) is 24.2 Å². The lowest BCUT2D eigenvalue weighted by molar-refractivity contribution is -0.139. The largest absolute Gasteiger partial charge is 0.352 e. The fraction of sp³-hybridized carbons (Fsp3) is 0.417. The lowest BCUT2D eigenvalue weighted by Gasteiger charge is -2.32. The summed E-state index contributed by atoms with van der Waals surface area (Å²) in [5.74, 6) is -0.807. The highest BCUT2D eigenvalue weighted by Gasteiger charge is 2.30. The molecule has 180 valence electrons. The highest BCUT2D eigenvalue weighted by atomic mass is 35.5. The van der Waals surface area contributed by atoms with Crippen molar-refractivity contribution in [3.63, 3.8) is 0 Å². The second-order valence-corrected chi connectivity index (χ2v) is 10.9. The van der Waals surface area contributed by atoms with E-state index in [1.807, 2.05) is 45.0 Å². The number of amides is 2. The minimum Gasteiger partial charge on any atom is -0.352 e. The van der Waals surface area contributed by atoms with Crippen LogP contribution in [0.2, 0.25) is 5.02 Å². The van der Waals surface area contributed by atoms with Gasteiger partial charge in [-0.1, -0.05) is 47.5 Å². The summed E-state index contributed by atoms with van der Waals surface area (Å²) in [6.45, 7) is 8.79. The zero-order valence-corrected chi connectivity index (χ0v) is 21.5. The summed E-state index contributed by atoms with van der Waals surface area (Å²) >= 11 is 6.20. The Balaban J connectivity index is 2.40. The van der Waals surface area contributed by atoms with Crippen molar-refractivity contribution < 1.29 is 18.0 Å². The molecular formula is C24H32ClN3O4S. The van der Waals surface area contributed by atoms with Gasteiger partial charge in [0, 0.05) is 17.6 Å². The molecule has 2 amide bonds. The number of aryl methyl sites for hydroxylation is 2. The summed E-state index contributed by atoms with van der Waals surface area (Å²) < 4.78 is 26.1. The Morgan fingerprint density at radius 1 is 1.03 bits per heavy atom. The lowest BCUT2D eigenvalue weighted by atomic mass is 10.1. The van der Waals surface area contributed by atoms with Crippen LogP contribution in [-0.4, -0.2) is 50.0 Å². The summed E-state index contributed by atoms with van der Waals surface area (Å²) in [7, 11) is -3.79. The van der Waals surface area contributed by atoms with Crippen molar-refractivity contribution in [2.24, 2.45) is 0 Å². The molecule has 0 aromatic heterocycles. The molecule has 1 N–H and O–H groups in total. The highest BCUT2D eigenvalue weighted by Crippen LogP contribution is 2.25. The van der Waals surface area contributed by atoms with Gasteiger partial charge in [-0.3, -0.25) is 13.9 Å². The molecule has 2 rings (SSSR count). The zero-order valence-electron chi connectivity index (χ0n) is 19.9. The van der Waals surface area contributed by atoms with Crippen LogP contribution in [0.4, 0.5) is 5.69 Å². The van der Waals surface area contributed by atoms with Crippen molar-refractivity contribution in [2.75, 3.05) is 17.1 Å². The van der Waals surface area contributed by atoms with Gasteiger partial charge in [-0.2, -0.15) is 0 Å². The van der Waals surface area contributed by atoms with Crippen LogP contribution in [0.25, 0.3) is 0 Å². The van der Waals surface area contributed by atoms with Crippen LogP contribution in [-0.2, 0) is 26.2 Å². The third-order valence-corrected chi connectivity index (χ3v) is 6.74. The molecule has 0 spiro atoms. The Hall–Kier alpha value is -2.58. The molecule has 0 aliphatic rings. The number of nitrogens with zero attached hydrogens (tertiary/aromatic N) is 2. The molecule has 9 heteroatoms. The van der Waals surface area contributed by atoms with Crippen LogP contribution < -0.4 is 9.62 Å². The second kappa shape index (κ2) is 11.0. The predicted molar refractivity (Wildman–Crippen MR) is 133 cm³/mol. The molecule has 1 atom stereocenters. The maximum atomic E-state index is 13.4. The van der Waals surface area contributed by atoms with E-state index < -0.39 is 28.5 Å². The fourth-order valence-electron chi connectivity index (χ4n) is 3.23. The van der Waals surface area contributed by atoms with Crippen molar-refractivity contribution in [3.05, 3.63) is 64.2 Å². The number of carbonyl (C=O) groups is 2. The van der Waals surface area contributed by atoms with Crippen LogP contribution in [0.5, 0.6) is 0 Å². The summed E-state index contributed by atoms with van der Waals surface area (Å²) in [5, 5.41) is 3.22. The molecule has 0 heterocycles. The maximum Gasteiger partial charge on any atom is 0.244 e. The number of anilines is 1. The third kappa shape index (κ3) is 7.47. The van der Waals surface area contributed by atoms with E-state index >= 15 is 0 Å².